The summed E-state index contributed by atoms with van der Waals surface area (Å²) in [5, 5.41) is 0. The number of aromatic nitrogens is 2. The number of hydrogen-bond acceptors (Lipinski definition) is 5. The third kappa shape index (κ3) is 5.61. The molecule has 2 aromatic rings. The van der Waals surface area contributed by atoms with Gasteiger partial charge in [-0.2, -0.15) is 0 Å². The monoisotopic (exact) mass is 434 g/mol. The van der Waals surface area contributed by atoms with Gasteiger partial charge in [0.05, 0.1) is 6.61 Å². The van der Waals surface area contributed by atoms with Gasteiger partial charge in [-0.15, -0.1) is 0 Å². The summed E-state index contributed by atoms with van der Waals surface area (Å²) in [5.41, 5.74) is 3.42. The van der Waals surface area contributed by atoms with Gasteiger partial charge in [0, 0.05) is 56.2 Å². The summed E-state index contributed by atoms with van der Waals surface area (Å²) < 4.78 is 5.19. The van der Waals surface area contributed by atoms with Crippen LogP contribution in [0, 0.1) is 18.8 Å². The number of aryl methyl sites for hydroxylation is 1. The quantitative estimate of drug-likeness (QED) is 0.622. The van der Waals surface area contributed by atoms with Crippen molar-refractivity contribution < 1.29 is 9.53 Å². The molecule has 1 aromatic heterocycles. The van der Waals surface area contributed by atoms with Gasteiger partial charge < -0.3 is 9.64 Å². The minimum Gasteiger partial charge on any atom is -0.383 e. The number of carbonyl (C=O) groups excluding carboxylic acids is 1. The fourth-order valence-electron chi connectivity index (χ4n) is 4.73. The molecule has 1 aromatic carbocycles. The number of methoxy groups -OCH3 is 1. The highest BCUT2D eigenvalue weighted by atomic mass is 16.5. The lowest BCUT2D eigenvalue weighted by molar-refractivity contribution is -0.137. The van der Waals surface area contributed by atoms with Crippen LogP contribution >= 0.6 is 0 Å². The number of carbonyl (C=O) groups is 1. The summed E-state index contributed by atoms with van der Waals surface area (Å²) in [4.78, 5) is 26.7. The minimum atomic E-state index is 0.102. The Bertz CT molecular complexity index is 902. The summed E-state index contributed by atoms with van der Waals surface area (Å²) >= 11 is 0. The second-order valence-corrected chi connectivity index (χ2v) is 8.99. The molecule has 1 atom stereocenters. The number of likely N-dealkylation sites (tertiary alicyclic amines) is 1. The van der Waals surface area contributed by atoms with E-state index < -0.39 is 0 Å². The molecular formula is C26H34N4O2. The average molecular weight is 435 g/mol. The Morgan fingerprint density at radius 3 is 2.47 bits per heavy atom. The normalized spacial score (nSPS) is 20.5. The maximum atomic E-state index is 13.1. The van der Waals surface area contributed by atoms with Crippen molar-refractivity contribution in [1.82, 2.24) is 19.8 Å². The Labute approximate surface area is 191 Å². The third-order valence-electron chi connectivity index (χ3n) is 6.70. The lowest BCUT2D eigenvalue weighted by Gasteiger charge is -2.36. The van der Waals surface area contributed by atoms with Crippen LogP contribution in [0.25, 0.3) is 11.4 Å². The summed E-state index contributed by atoms with van der Waals surface area (Å²) in [6.07, 6.45) is 11.2. The van der Waals surface area contributed by atoms with Crippen LogP contribution in [-0.4, -0.2) is 65.6 Å². The van der Waals surface area contributed by atoms with Crippen molar-refractivity contribution in [3.8, 4) is 11.4 Å². The number of rotatable bonds is 7. The van der Waals surface area contributed by atoms with Crippen molar-refractivity contribution in [2.24, 2.45) is 11.8 Å². The second kappa shape index (κ2) is 10.8. The predicted octanol–water partition coefficient (Wildman–Crippen LogP) is 3.72. The van der Waals surface area contributed by atoms with Crippen LogP contribution in [0.5, 0.6) is 0 Å². The van der Waals surface area contributed by atoms with E-state index in [1.165, 1.54) is 5.56 Å². The maximum absolute atomic E-state index is 13.1. The van der Waals surface area contributed by atoms with E-state index in [1.54, 1.807) is 7.11 Å². The number of nitrogens with zero attached hydrogens (tertiary/aromatic N) is 4. The largest absolute Gasteiger partial charge is 0.383 e. The van der Waals surface area contributed by atoms with Gasteiger partial charge in [0.2, 0.25) is 5.91 Å². The van der Waals surface area contributed by atoms with Crippen molar-refractivity contribution in [3.05, 3.63) is 59.9 Å². The molecule has 0 aliphatic carbocycles. The smallest absolute Gasteiger partial charge is 0.226 e. The lowest BCUT2D eigenvalue weighted by Crippen LogP contribution is -2.43. The fraction of sp³-hybridized carbons (Fsp3) is 0.500. The van der Waals surface area contributed by atoms with Gasteiger partial charge in [-0.05, 0) is 45.2 Å². The van der Waals surface area contributed by atoms with Crippen LogP contribution in [0.4, 0.5) is 0 Å². The topological polar surface area (TPSA) is 58.6 Å². The van der Waals surface area contributed by atoms with E-state index in [1.807, 2.05) is 17.3 Å². The lowest BCUT2D eigenvalue weighted by atomic mass is 9.81. The number of piperidine rings is 1. The highest BCUT2D eigenvalue weighted by Gasteiger charge is 2.33. The molecule has 0 radical (unpaired) electrons. The van der Waals surface area contributed by atoms with Crippen LogP contribution < -0.4 is 0 Å². The number of ether oxygens (including phenoxy) is 1. The molecule has 2 aliphatic heterocycles. The Hall–Kier alpha value is -2.57. The van der Waals surface area contributed by atoms with E-state index >= 15 is 0 Å². The van der Waals surface area contributed by atoms with Crippen molar-refractivity contribution in [3.63, 3.8) is 0 Å². The highest BCUT2D eigenvalue weighted by molar-refractivity contribution is 5.80. The Morgan fingerprint density at radius 1 is 1.06 bits per heavy atom. The highest BCUT2D eigenvalue weighted by Crippen LogP contribution is 2.31. The van der Waals surface area contributed by atoms with Gasteiger partial charge in [0.1, 0.15) is 0 Å². The number of hydrogen-bond donors (Lipinski definition) is 0. The molecule has 0 bridgehead atoms. The van der Waals surface area contributed by atoms with E-state index in [2.05, 4.69) is 58.2 Å². The number of amides is 1. The molecule has 32 heavy (non-hydrogen) atoms. The van der Waals surface area contributed by atoms with E-state index in [0.29, 0.717) is 31.5 Å². The predicted molar refractivity (Wildman–Crippen MR) is 126 cm³/mol. The first-order valence-electron chi connectivity index (χ1n) is 11.7. The molecule has 1 unspecified atom stereocenters. The molecule has 1 fully saturated rings. The Kier molecular flexibility index (Phi) is 7.66. The Morgan fingerprint density at radius 2 is 1.78 bits per heavy atom. The van der Waals surface area contributed by atoms with Gasteiger partial charge in [-0.3, -0.25) is 9.69 Å². The molecule has 1 amide bonds. The fourth-order valence-corrected chi connectivity index (χ4v) is 4.73. The van der Waals surface area contributed by atoms with Gasteiger partial charge in [0.15, 0.2) is 5.82 Å². The van der Waals surface area contributed by atoms with Crippen molar-refractivity contribution in [2.45, 2.75) is 32.7 Å². The SMILES string of the molecule is COCCN1CC=CCC(C2CCN(Cc3cnc(-c4ccc(C)cc4)nc3)CC2)C1=O. The molecule has 0 N–H and O–H groups in total. The third-order valence-corrected chi connectivity index (χ3v) is 6.70. The molecule has 4 rings (SSSR count). The molecule has 170 valence electrons. The van der Waals surface area contributed by atoms with Crippen LogP contribution in [0.15, 0.2) is 48.8 Å². The molecule has 2 aliphatic rings. The molecule has 0 saturated carbocycles. The van der Waals surface area contributed by atoms with E-state index in [9.17, 15) is 4.79 Å². The summed E-state index contributed by atoms with van der Waals surface area (Å²) in [6.45, 7) is 6.93. The first-order valence-corrected chi connectivity index (χ1v) is 11.7. The van der Waals surface area contributed by atoms with Crippen LogP contribution in [0.1, 0.15) is 30.4 Å². The zero-order valence-corrected chi connectivity index (χ0v) is 19.2. The van der Waals surface area contributed by atoms with E-state index in [0.717, 1.165) is 55.8 Å². The van der Waals surface area contributed by atoms with Gasteiger partial charge in [-0.25, -0.2) is 9.97 Å². The average Bonchev–Trinajstić information content (AvgIpc) is 3.00. The van der Waals surface area contributed by atoms with Crippen LogP contribution in [0.3, 0.4) is 0 Å². The molecule has 0 spiro atoms. The second-order valence-electron chi connectivity index (χ2n) is 8.99. The van der Waals surface area contributed by atoms with E-state index in [4.69, 9.17) is 4.74 Å². The maximum Gasteiger partial charge on any atom is 0.226 e. The number of benzene rings is 1. The standard InChI is InChI=1S/C26H34N4O2/c1-20-6-8-23(9-7-20)25-27-17-21(18-28-25)19-29-13-10-22(11-14-29)24-5-3-4-12-30(26(24)31)15-16-32-2/h3-4,6-9,17-18,22,24H,5,10-16,19H2,1-2H3. The molecule has 6 heteroatoms. The molecule has 6 nitrogen and oxygen atoms in total. The van der Waals surface area contributed by atoms with Crippen LogP contribution in [-0.2, 0) is 16.1 Å². The first kappa shape index (κ1) is 22.6. The molecule has 3 heterocycles. The summed E-state index contributed by atoms with van der Waals surface area (Å²) in [5.74, 6) is 1.62. The van der Waals surface area contributed by atoms with Crippen molar-refractivity contribution >= 4 is 5.91 Å². The summed E-state index contributed by atoms with van der Waals surface area (Å²) in [7, 11) is 1.69. The van der Waals surface area contributed by atoms with Gasteiger partial charge >= 0.3 is 0 Å². The van der Waals surface area contributed by atoms with Gasteiger partial charge in [0.25, 0.3) is 0 Å². The molecular weight excluding hydrogens is 400 g/mol. The number of allylic oxidation sites excluding steroid dienone is 1. The minimum absolute atomic E-state index is 0.102. The Balaban J connectivity index is 1.30. The van der Waals surface area contributed by atoms with E-state index in [-0.39, 0.29) is 5.92 Å². The summed E-state index contributed by atoms with van der Waals surface area (Å²) in [6, 6.07) is 8.30. The first-order chi connectivity index (χ1) is 15.6. The van der Waals surface area contributed by atoms with Crippen molar-refractivity contribution in [2.75, 3.05) is 39.9 Å². The van der Waals surface area contributed by atoms with Crippen LogP contribution in [0.2, 0.25) is 0 Å². The zero-order chi connectivity index (χ0) is 22.3. The molecule has 1 saturated heterocycles. The zero-order valence-electron chi connectivity index (χ0n) is 19.2. The van der Waals surface area contributed by atoms with Crippen molar-refractivity contribution in [1.29, 1.82) is 0 Å². The van der Waals surface area contributed by atoms with Gasteiger partial charge in [-0.1, -0.05) is 42.0 Å².